The number of carbonyl (C=O) groups is 1. The molecule has 0 atom stereocenters. The maximum absolute atomic E-state index is 11.7. The van der Waals surface area contributed by atoms with E-state index in [1.807, 2.05) is 24.3 Å². The lowest BCUT2D eigenvalue weighted by Crippen LogP contribution is -2.20. The number of benzene rings is 1. The van der Waals surface area contributed by atoms with Crippen LogP contribution in [0, 0.1) is 5.92 Å². The van der Waals surface area contributed by atoms with Gasteiger partial charge in [0.05, 0.1) is 6.61 Å². The van der Waals surface area contributed by atoms with Gasteiger partial charge in [-0.05, 0) is 36.5 Å². The van der Waals surface area contributed by atoms with Gasteiger partial charge in [0.1, 0.15) is 0 Å². The number of ether oxygens (including phenoxy) is 1. The first-order valence-corrected chi connectivity index (χ1v) is 7.00. The number of nitrogens with one attached hydrogen (secondary N) is 1. The molecule has 4 nitrogen and oxygen atoms in total. The second kappa shape index (κ2) is 7.14. The number of nitrogens with two attached hydrogens (primary N) is 1. The first kappa shape index (κ1) is 13.9. The van der Waals surface area contributed by atoms with Crippen molar-refractivity contribution in [2.24, 2.45) is 11.7 Å². The van der Waals surface area contributed by atoms with E-state index in [1.54, 1.807) is 0 Å². The highest BCUT2D eigenvalue weighted by Gasteiger charge is 2.15. The van der Waals surface area contributed by atoms with Crippen molar-refractivity contribution in [3.05, 3.63) is 29.8 Å². The molecule has 104 valence electrons. The summed E-state index contributed by atoms with van der Waals surface area (Å²) in [5.74, 6) is 0.541. The predicted octanol–water partition coefficient (Wildman–Crippen LogP) is 3.27. The number of hydrogen-bond donors (Lipinski definition) is 2. The zero-order valence-electron chi connectivity index (χ0n) is 11.2. The minimum atomic E-state index is -0.369. The Labute approximate surface area is 114 Å². The summed E-state index contributed by atoms with van der Waals surface area (Å²) >= 11 is 0. The van der Waals surface area contributed by atoms with Crippen LogP contribution in [0.25, 0.3) is 0 Å². The fourth-order valence-electron chi connectivity index (χ4n) is 2.43. The summed E-state index contributed by atoms with van der Waals surface area (Å²) in [6.07, 6.45) is 5.82. The average molecular weight is 262 g/mol. The summed E-state index contributed by atoms with van der Waals surface area (Å²) in [5, 5.41) is 2.73. The number of amides is 1. The van der Waals surface area contributed by atoms with E-state index in [2.05, 4.69) is 5.32 Å². The molecular formula is C15H22N2O2. The normalized spacial score (nSPS) is 16.1. The predicted molar refractivity (Wildman–Crippen MR) is 75.9 cm³/mol. The molecule has 1 aliphatic rings. The lowest BCUT2D eigenvalue weighted by Gasteiger charge is -2.21. The topological polar surface area (TPSA) is 64.3 Å². The Bertz CT molecular complexity index is 397. The van der Waals surface area contributed by atoms with E-state index < -0.39 is 0 Å². The second-order valence-corrected chi connectivity index (χ2v) is 5.13. The maximum atomic E-state index is 11.7. The van der Waals surface area contributed by atoms with Gasteiger partial charge < -0.3 is 10.5 Å². The maximum Gasteiger partial charge on any atom is 0.411 e. The van der Waals surface area contributed by atoms with Gasteiger partial charge in [0.25, 0.3) is 0 Å². The molecule has 0 radical (unpaired) electrons. The van der Waals surface area contributed by atoms with Gasteiger partial charge >= 0.3 is 6.09 Å². The van der Waals surface area contributed by atoms with E-state index in [1.165, 1.54) is 32.1 Å². The smallest absolute Gasteiger partial charge is 0.411 e. The minimum absolute atomic E-state index is 0.369. The third kappa shape index (κ3) is 4.56. The van der Waals surface area contributed by atoms with Crippen LogP contribution in [0.4, 0.5) is 10.5 Å². The Kier molecular flexibility index (Phi) is 5.21. The average Bonchev–Trinajstić information content (AvgIpc) is 2.47. The molecule has 4 heteroatoms. The van der Waals surface area contributed by atoms with Gasteiger partial charge in [-0.25, -0.2) is 4.79 Å². The third-order valence-corrected chi connectivity index (χ3v) is 3.61. The third-order valence-electron chi connectivity index (χ3n) is 3.61. The minimum Gasteiger partial charge on any atom is -0.449 e. The van der Waals surface area contributed by atoms with Crippen molar-refractivity contribution in [2.75, 3.05) is 11.9 Å². The van der Waals surface area contributed by atoms with Gasteiger partial charge in [0.2, 0.25) is 0 Å². The Morgan fingerprint density at radius 3 is 2.53 bits per heavy atom. The highest BCUT2D eigenvalue weighted by atomic mass is 16.5. The van der Waals surface area contributed by atoms with E-state index in [4.69, 9.17) is 10.5 Å². The SMILES string of the molecule is NCc1ccc(NC(=O)OCC2CCCCC2)cc1. The molecule has 1 amide bonds. The van der Waals surface area contributed by atoms with E-state index in [-0.39, 0.29) is 6.09 Å². The van der Waals surface area contributed by atoms with Crippen molar-refractivity contribution in [1.82, 2.24) is 0 Å². The number of anilines is 1. The van der Waals surface area contributed by atoms with Crippen LogP contribution in [-0.4, -0.2) is 12.7 Å². The molecule has 1 aliphatic carbocycles. The van der Waals surface area contributed by atoms with Crippen molar-refractivity contribution < 1.29 is 9.53 Å². The van der Waals surface area contributed by atoms with E-state index in [9.17, 15) is 4.79 Å². The lowest BCUT2D eigenvalue weighted by molar-refractivity contribution is 0.128. The summed E-state index contributed by atoms with van der Waals surface area (Å²) in [5.41, 5.74) is 7.30. The van der Waals surface area contributed by atoms with Crippen LogP contribution < -0.4 is 11.1 Å². The zero-order valence-corrected chi connectivity index (χ0v) is 11.2. The first-order valence-electron chi connectivity index (χ1n) is 7.00. The number of rotatable bonds is 4. The van der Waals surface area contributed by atoms with Crippen molar-refractivity contribution in [3.63, 3.8) is 0 Å². The summed E-state index contributed by atoms with van der Waals surface area (Å²) in [7, 11) is 0. The molecule has 1 saturated carbocycles. The molecular weight excluding hydrogens is 240 g/mol. The molecule has 0 aliphatic heterocycles. The van der Waals surface area contributed by atoms with Crippen LogP contribution >= 0.6 is 0 Å². The molecule has 1 fully saturated rings. The van der Waals surface area contributed by atoms with Gasteiger partial charge in [0.15, 0.2) is 0 Å². The molecule has 3 N–H and O–H groups in total. The molecule has 0 aromatic heterocycles. The van der Waals surface area contributed by atoms with Gasteiger partial charge in [-0.2, -0.15) is 0 Å². The summed E-state index contributed by atoms with van der Waals surface area (Å²) in [4.78, 5) is 11.7. The Hall–Kier alpha value is -1.55. The fourth-order valence-corrected chi connectivity index (χ4v) is 2.43. The Morgan fingerprint density at radius 1 is 1.21 bits per heavy atom. The van der Waals surface area contributed by atoms with Crippen LogP contribution in [-0.2, 0) is 11.3 Å². The van der Waals surface area contributed by atoms with E-state index in [0.29, 0.717) is 19.1 Å². The molecule has 0 unspecified atom stereocenters. The lowest BCUT2D eigenvalue weighted by atomic mass is 9.90. The van der Waals surface area contributed by atoms with Crippen LogP contribution in [0.2, 0.25) is 0 Å². The van der Waals surface area contributed by atoms with Gasteiger partial charge in [-0.1, -0.05) is 31.4 Å². The quantitative estimate of drug-likeness (QED) is 0.875. The standard InChI is InChI=1S/C15H22N2O2/c16-10-12-6-8-14(9-7-12)17-15(18)19-11-13-4-2-1-3-5-13/h6-9,13H,1-5,10-11,16H2,(H,17,18). The van der Waals surface area contributed by atoms with Crippen LogP contribution in [0.5, 0.6) is 0 Å². The molecule has 1 aromatic carbocycles. The molecule has 0 heterocycles. The molecule has 0 saturated heterocycles. The van der Waals surface area contributed by atoms with Gasteiger partial charge in [-0.3, -0.25) is 5.32 Å². The van der Waals surface area contributed by atoms with E-state index >= 15 is 0 Å². The fraction of sp³-hybridized carbons (Fsp3) is 0.533. The Morgan fingerprint density at radius 2 is 1.89 bits per heavy atom. The molecule has 2 rings (SSSR count). The summed E-state index contributed by atoms with van der Waals surface area (Å²) in [6, 6.07) is 7.47. The largest absolute Gasteiger partial charge is 0.449 e. The highest BCUT2D eigenvalue weighted by Crippen LogP contribution is 2.23. The first-order chi connectivity index (χ1) is 9.28. The van der Waals surface area contributed by atoms with Crippen molar-refractivity contribution in [1.29, 1.82) is 0 Å². The molecule has 1 aromatic rings. The van der Waals surface area contributed by atoms with E-state index in [0.717, 1.165) is 11.3 Å². The summed E-state index contributed by atoms with van der Waals surface area (Å²) < 4.78 is 5.27. The van der Waals surface area contributed by atoms with Crippen molar-refractivity contribution >= 4 is 11.8 Å². The zero-order chi connectivity index (χ0) is 13.5. The molecule has 19 heavy (non-hydrogen) atoms. The highest BCUT2D eigenvalue weighted by molar-refractivity contribution is 5.84. The monoisotopic (exact) mass is 262 g/mol. The molecule has 0 spiro atoms. The van der Waals surface area contributed by atoms with Gasteiger partial charge in [-0.15, -0.1) is 0 Å². The second-order valence-electron chi connectivity index (χ2n) is 5.13. The molecule has 0 bridgehead atoms. The van der Waals surface area contributed by atoms with Crippen LogP contribution in [0.3, 0.4) is 0 Å². The number of carbonyl (C=O) groups excluding carboxylic acids is 1. The van der Waals surface area contributed by atoms with Crippen molar-refractivity contribution in [3.8, 4) is 0 Å². The Balaban J connectivity index is 1.73. The number of hydrogen-bond acceptors (Lipinski definition) is 3. The van der Waals surface area contributed by atoms with Crippen molar-refractivity contribution in [2.45, 2.75) is 38.6 Å². The van der Waals surface area contributed by atoms with Gasteiger partial charge in [0, 0.05) is 12.2 Å². The van der Waals surface area contributed by atoms with Crippen LogP contribution in [0.1, 0.15) is 37.7 Å². The summed E-state index contributed by atoms with van der Waals surface area (Å²) in [6.45, 7) is 1.04. The van der Waals surface area contributed by atoms with Crippen LogP contribution in [0.15, 0.2) is 24.3 Å².